The van der Waals surface area contributed by atoms with Gasteiger partial charge in [0.15, 0.2) is 0 Å². The minimum Gasteiger partial charge on any atom is -0.351 e. The van der Waals surface area contributed by atoms with E-state index in [-0.39, 0.29) is 17.6 Å². The molecule has 4 heteroatoms. The predicted molar refractivity (Wildman–Crippen MR) is 88.5 cm³/mol. The number of carbonyl (C=O) groups excluding carboxylic acids is 1. The molecule has 1 aromatic carbocycles. The van der Waals surface area contributed by atoms with E-state index in [1.54, 1.807) is 0 Å². The lowest BCUT2D eigenvalue weighted by atomic mass is 9.66. The number of rotatable bonds is 5. The third-order valence-corrected chi connectivity index (χ3v) is 5.72. The van der Waals surface area contributed by atoms with Gasteiger partial charge in [-0.25, -0.2) is 4.79 Å². The van der Waals surface area contributed by atoms with Crippen LogP contribution in [0.1, 0.15) is 37.7 Å². The highest BCUT2D eigenvalue weighted by Gasteiger charge is 2.50. The molecule has 0 atom stereocenters. The summed E-state index contributed by atoms with van der Waals surface area (Å²) in [6.45, 7) is 0.846. The Bertz CT molecular complexity index is 518. The van der Waals surface area contributed by atoms with E-state index in [4.69, 9.17) is 5.73 Å². The van der Waals surface area contributed by atoms with Gasteiger partial charge in [0.25, 0.3) is 0 Å². The molecule has 2 amide bonds. The van der Waals surface area contributed by atoms with Crippen molar-refractivity contribution in [3.8, 4) is 0 Å². The Hall–Kier alpha value is -1.55. The smallest absolute Gasteiger partial charge is 0.315 e. The van der Waals surface area contributed by atoms with E-state index >= 15 is 0 Å². The lowest BCUT2D eigenvalue weighted by molar-refractivity contribution is -0.0218. The zero-order valence-electron chi connectivity index (χ0n) is 13.7. The van der Waals surface area contributed by atoms with Crippen LogP contribution in [0, 0.1) is 5.92 Å². The summed E-state index contributed by atoms with van der Waals surface area (Å²) in [5.41, 5.74) is 7.03. The molecule has 120 valence electrons. The first-order valence-corrected chi connectivity index (χ1v) is 8.32. The second kappa shape index (κ2) is 5.92. The van der Waals surface area contributed by atoms with Gasteiger partial charge >= 0.3 is 6.03 Å². The van der Waals surface area contributed by atoms with Gasteiger partial charge in [0.2, 0.25) is 0 Å². The summed E-state index contributed by atoms with van der Waals surface area (Å²) < 4.78 is 0. The topological polar surface area (TPSA) is 49.6 Å². The number of urea groups is 1. The normalized spacial score (nSPS) is 28.0. The highest BCUT2D eigenvalue weighted by Crippen LogP contribution is 2.48. The van der Waals surface area contributed by atoms with Gasteiger partial charge in [0.1, 0.15) is 0 Å². The molecule has 0 heterocycles. The van der Waals surface area contributed by atoms with Crippen molar-refractivity contribution in [1.82, 2.24) is 9.80 Å². The number of amides is 2. The highest BCUT2D eigenvalue weighted by molar-refractivity contribution is 5.72. The Labute approximate surface area is 133 Å². The Kier molecular flexibility index (Phi) is 4.13. The van der Waals surface area contributed by atoms with Crippen LogP contribution in [0.2, 0.25) is 0 Å². The molecule has 2 aliphatic rings. The van der Waals surface area contributed by atoms with Crippen molar-refractivity contribution in [2.45, 2.75) is 43.7 Å². The number of primary amides is 1. The molecule has 2 N–H and O–H groups in total. The number of nitrogens with zero attached hydrogens (tertiary/aromatic N) is 2. The van der Waals surface area contributed by atoms with Crippen LogP contribution < -0.4 is 5.73 Å². The maximum Gasteiger partial charge on any atom is 0.315 e. The molecular formula is C18H27N3O. The zero-order valence-corrected chi connectivity index (χ0v) is 13.7. The Morgan fingerprint density at radius 1 is 1.23 bits per heavy atom. The van der Waals surface area contributed by atoms with Crippen LogP contribution in [0.25, 0.3) is 0 Å². The standard InChI is InChI=1S/C18H27N3O/c1-20(2)18(15-9-4-3-5-10-15)11-16(12-18)21(17(19)22)13-14-7-6-8-14/h3-5,9-10,14,16H,6-8,11-13H2,1-2H3,(H2,19,22). The number of hydrogen-bond acceptors (Lipinski definition) is 2. The molecule has 2 saturated carbocycles. The maximum absolute atomic E-state index is 11.9. The zero-order chi connectivity index (χ0) is 15.7. The lowest BCUT2D eigenvalue weighted by Gasteiger charge is -2.55. The van der Waals surface area contributed by atoms with E-state index < -0.39 is 0 Å². The maximum atomic E-state index is 11.9. The first kappa shape index (κ1) is 15.3. The average Bonchev–Trinajstić information content (AvgIpc) is 2.39. The summed E-state index contributed by atoms with van der Waals surface area (Å²) >= 11 is 0. The second-order valence-electron chi connectivity index (χ2n) is 7.14. The molecule has 0 spiro atoms. The fraction of sp³-hybridized carbons (Fsp3) is 0.611. The largest absolute Gasteiger partial charge is 0.351 e. The number of nitrogens with two attached hydrogens (primary N) is 1. The molecule has 3 rings (SSSR count). The van der Waals surface area contributed by atoms with Crippen LogP contribution >= 0.6 is 0 Å². The van der Waals surface area contributed by atoms with E-state index in [1.807, 2.05) is 4.90 Å². The SMILES string of the molecule is CN(C)C1(c2ccccc2)CC(N(CC2CCC2)C(N)=O)C1. The summed E-state index contributed by atoms with van der Waals surface area (Å²) in [6, 6.07) is 10.6. The summed E-state index contributed by atoms with van der Waals surface area (Å²) in [5, 5.41) is 0. The quantitative estimate of drug-likeness (QED) is 0.909. The van der Waals surface area contributed by atoms with Gasteiger partial charge in [-0.15, -0.1) is 0 Å². The number of carbonyl (C=O) groups is 1. The van der Waals surface area contributed by atoms with Gasteiger partial charge in [-0.05, 0) is 51.3 Å². The Morgan fingerprint density at radius 3 is 2.32 bits per heavy atom. The summed E-state index contributed by atoms with van der Waals surface area (Å²) in [4.78, 5) is 16.1. The molecule has 2 fully saturated rings. The van der Waals surface area contributed by atoms with Gasteiger partial charge in [0, 0.05) is 18.1 Å². The van der Waals surface area contributed by atoms with Crippen molar-refractivity contribution in [3.05, 3.63) is 35.9 Å². The Morgan fingerprint density at radius 2 is 1.86 bits per heavy atom. The van der Waals surface area contributed by atoms with Gasteiger partial charge in [-0.2, -0.15) is 0 Å². The van der Waals surface area contributed by atoms with Crippen molar-refractivity contribution in [3.63, 3.8) is 0 Å². The molecule has 22 heavy (non-hydrogen) atoms. The molecule has 0 radical (unpaired) electrons. The van der Waals surface area contributed by atoms with Crippen LogP contribution in [0.4, 0.5) is 4.79 Å². The van der Waals surface area contributed by atoms with Gasteiger partial charge < -0.3 is 10.6 Å². The molecule has 0 aromatic heterocycles. The van der Waals surface area contributed by atoms with Crippen LogP contribution in [0.5, 0.6) is 0 Å². The van der Waals surface area contributed by atoms with E-state index in [1.165, 1.54) is 24.8 Å². The van der Waals surface area contributed by atoms with Crippen molar-refractivity contribution in [2.75, 3.05) is 20.6 Å². The van der Waals surface area contributed by atoms with Crippen molar-refractivity contribution >= 4 is 6.03 Å². The molecule has 4 nitrogen and oxygen atoms in total. The van der Waals surface area contributed by atoms with Crippen LogP contribution in [0.3, 0.4) is 0 Å². The van der Waals surface area contributed by atoms with Crippen LogP contribution in [-0.4, -0.2) is 42.5 Å². The average molecular weight is 301 g/mol. The number of benzene rings is 1. The molecule has 0 aliphatic heterocycles. The fourth-order valence-electron chi connectivity index (χ4n) is 3.92. The van der Waals surface area contributed by atoms with Crippen LogP contribution in [-0.2, 0) is 5.54 Å². The third-order valence-electron chi connectivity index (χ3n) is 5.72. The van der Waals surface area contributed by atoms with E-state index in [0.29, 0.717) is 5.92 Å². The molecule has 0 unspecified atom stereocenters. The number of hydrogen-bond donors (Lipinski definition) is 1. The highest BCUT2D eigenvalue weighted by atomic mass is 16.2. The Balaban J connectivity index is 1.72. The van der Waals surface area contributed by atoms with E-state index in [2.05, 4.69) is 49.3 Å². The third kappa shape index (κ3) is 2.60. The van der Waals surface area contributed by atoms with Crippen molar-refractivity contribution in [2.24, 2.45) is 11.7 Å². The second-order valence-corrected chi connectivity index (χ2v) is 7.14. The van der Waals surface area contributed by atoms with Crippen LogP contribution in [0.15, 0.2) is 30.3 Å². The van der Waals surface area contributed by atoms with E-state index in [0.717, 1.165) is 19.4 Å². The summed E-state index contributed by atoms with van der Waals surface area (Å²) in [6.07, 6.45) is 5.73. The lowest BCUT2D eigenvalue weighted by Crippen LogP contribution is -2.62. The molecule has 1 aromatic rings. The van der Waals surface area contributed by atoms with Crippen molar-refractivity contribution in [1.29, 1.82) is 0 Å². The fourth-order valence-corrected chi connectivity index (χ4v) is 3.92. The van der Waals surface area contributed by atoms with Gasteiger partial charge in [-0.1, -0.05) is 36.8 Å². The minimum atomic E-state index is -0.252. The van der Waals surface area contributed by atoms with Crippen molar-refractivity contribution < 1.29 is 4.79 Å². The summed E-state index contributed by atoms with van der Waals surface area (Å²) in [7, 11) is 4.26. The molecular weight excluding hydrogens is 274 g/mol. The molecule has 0 bridgehead atoms. The van der Waals surface area contributed by atoms with E-state index in [9.17, 15) is 4.79 Å². The van der Waals surface area contributed by atoms with Gasteiger partial charge in [-0.3, -0.25) is 4.90 Å². The minimum absolute atomic E-state index is 0.0409. The molecule has 2 aliphatic carbocycles. The first-order chi connectivity index (χ1) is 10.5. The predicted octanol–water partition coefficient (Wildman–Crippen LogP) is 2.79. The molecule has 0 saturated heterocycles. The van der Waals surface area contributed by atoms with Gasteiger partial charge in [0.05, 0.1) is 0 Å². The first-order valence-electron chi connectivity index (χ1n) is 8.32. The monoisotopic (exact) mass is 301 g/mol. The summed E-state index contributed by atoms with van der Waals surface area (Å²) in [5.74, 6) is 0.665.